The molecule has 0 fully saturated rings. The quantitative estimate of drug-likeness (QED) is 0.601. The Hall–Kier alpha value is -2.78. The fourth-order valence-electron chi connectivity index (χ4n) is 4.72. The highest BCUT2D eigenvalue weighted by atomic mass is 16.3. The van der Waals surface area contributed by atoms with E-state index in [0.717, 1.165) is 36.9 Å². The third-order valence-electron chi connectivity index (χ3n) is 6.05. The molecule has 1 aliphatic carbocycles. The van der Waals surface area contributed by atoms with Gasteiger partial charge in [0.1, 0.15) is 0 Å². The summed E-state index contributed by atoms with van der Waals surface area (Å²) in [6, 6.07) is 21.2. The van der Waals surface area contributed by atoms with E-state index in [1.165, 1.54) is 22.3 Å². The minimum Gasteiger partial charge on any atom is -0.504 e. The standard InChI is InChI=1S/C24H23NO2/c26-22-12-17-8-9-21-24(20(17)13-23(22)27)19-11-16(6-7-18(19)14-25-21)10-15-4-2-1-3-5-15/h1-7,11-13,21,24-27H,8-10,14H2/t21?,24-/m1/s1. The molecule has 5 rings (SSSR count). The number of aromatic hydroxyl groups is 2. The van der Waals surface area contributed by atoms with E-state index < -0.39 is 0 Å². The fraction of sp³-hybridized carbons (Fsp3) is 0.250. The van der Waals surface area contributed by atoms with Gasteiger partial charge in [-0.3, -0.25) is 0 Å². The minimum atomic E-state index is -0.0260. The Morgan fingerprint density at radius 1 is 0.815 bits per heavy atom. The molecule has 27 heavy (non-hydrogen) atoms. The molecule has 3 nitrogen and oxygen atoms in total. The summed E-state index contributed by atoms with van der Waals surface area (Å²) in [6.45, 7) is 0.890. The molecule has 1 aliphatic heterocycles. The summed E-state index contributed by atoms with van der Waals surface area (Å²) >= 11 is 0. The van der Waals surface area contributed by atoms with Crippen molar-refractivity contribution in [1.82, 2.24) is 5.32 Å². The first-order valence-corrected chi connectivity index (χ1v) is 9.63. The molecule has 0 bridgehead atoms. The summed E-state index contributed by atoms with van der Waals surface area (Å²) in [5, 5.41) is 23.7. The van der Waals surface area contributed by atoms with E-state index >= 15 is 0 Å². The molecule has 136 valence electrons. The van der Waals surface area contributed by atoms with Crippen molar-refractivity contribution in [2.24, 2.45) is 0 Å². The number of aryl methyl sites for hydroxylation is 1. The first-order valence-electron chi connectivity index (χ1n) is 9.63. The molecule has 1 heterocycles. The zero-order valence-corrected chi connectivity index (χ0v) is 15.2. The van der Waals surface area contributed by atoms with E-state index in [9.17, 15) is 10.2 Å². The van der Waals surface area contributed by atoms with Gasteiger partial charge in [0.2, 0.25) is 0 Å². The second-order valence-electron chi connectivity index (χ2n) is 7.74. The summed E-state index contributed by atoms with van der Waals surface area (Å²) in [6.07, 6.45) is 2.90. The zero-order chi connectivity index (χ0) is 18.4. The Balaban J connectivity index is 1.58. The third kappa shape index (κ3) is 2.88. The van der Waals surface area contributed by atoms with E-state index in [0.29, 0.717) is 6.04 Å². The molecule has 3 aromatic carbocycles. The fourth-order valence-corrected chi connectivity index (χ4v) is 4.72. The van der Waals surface area contributed by atoms with Gasteiger partial charge in [-0.15, -0.1) is 0 Å². The summed E-state index contributed by atoms with van der Waals surface area (Å²) in [5.41, 5.74) is 7.61. The number of rotatable bonds is 2. The Labute approximate surface area is 159 Å². The summed E-state index contributed by atoms with van der Waals surface area (Å²) in [4.78, 5) is 0. The van der Waals surface area contributed by atoms with Gasteiger partial charge in [0.05, 0.1) is 0 Å². The lowest BCUT2D eigenvalue weighted by Crippen LogP contribution is -2.42. The summed E-state index contributed by atoms with van der Waals surface area (Å²) in [7, 11) is 0. The lowest BCUT2D eigenvalue weighted by molar-refractivity contribution is 0.380. The van der Waals surface area contributed by atoms with E-state index in [1.54, 1.807) is 12.1 Å². The van der Waals surface area contributed by atoms with Crippen LogP contribution in [0.5, 0.6) is 11.5 Å². The molecule has 0 spiro atoms. The largest absolute Gasteiger partial charge is 0.504 e. The SMILES string of the molecule is Oc1cc2c(cc1O)[C@H]1c3cc(Cc4ccccc4)ccc3CNC1CC2. The molecule has 0 radical (unpaired) electrons. The molecule has 0 saturated heterocycles. The van der Waals surface area contributed by atoms with Gasteiger partial charge in [-0.1, -0.05) is 48.5 Å². The third-order valence-corrected chi connectivity index (χ3v) is 6.05. The van der Waals surface area contributed by atoms with Crippen molar-refractivity contribution in [3.8, 4) is 11.5 Å². The number of phenolic OH excluding ortho intramolecular Hbond substituents is 2. The van der Waals surface area contributed by atoms with Crippen LogP contribution >= 0.6 is 0 Å². The molecule has 2 aliphatic rings. The molecule has 1 unspecified atom stereocenters. The molecule has 3 heteroatoms. The second kappa shape index (κ2) is 6.43. The van der Waals surface area contributed by atoms with Crippen LogP contribution < -0.4 is 5.32 Å². The van der Waals surface area contributed by atoms with Gasteiger partial charge >= 0.3 is 0 Å². The van der Waals surface area contributed by atoms with Crippen molar-refractivity contribution in [2.75, 3.05) is 0 Å². The first-order chi connectivity index (χ1) is 13.2. The predicted octanol–water partition coefficient (Wildman–Crippen LogP) is 4.24. The van der Waals surface area contributed by atoms with Crippen molar-refractivity contribution >= 4 is 0 Å². The van der Waals surface area contributed by atoms with Crippen molar-refractivity contribution in [3.05, 3.63) is 94.0 Å². The van der Waals surface area contributed by atoms with Gasteiger partial charge in [-0.05, 0) is 64.8 Å². The van der Waals surface area contributed by atoms with Crippen LogP contribution in [-0.2, 0) is 19.4 Å². The highest BCUT2D eigenvalue weighted by molar-refractivity contribution is 5.54. The summed E-state index contributed by atoms with van der Waals surface area (Å²) in [5.74, 6) is 0.177. The molecule has 0 amide bonds. The van der Waals surface area contributed by atoms with Gasteiger partial charge in [-0.25, -0.2) is 0 Å². The molecular formula is C24H23NO2. The maximum absolute atomic E-state index is 10.1. The molecule has 3 N–H and O–H groups in total. The number of phenols is 2. The van der Waals surface area contributed by atoms with Gasteiger partial charge in [0.15, 0.2) is 11.5 Å². The van der Waals surface area contributed by atoms with E-state index in [-0.39, 0.29) is 17.4 Å². The number of hydrogen-bond donors (Lipinski definition) is 3. The van der Waals surface area contributed by atoms with Crippen LogP contribution in [0.15, 0.2) is 60.7 Å². The van der Waals surface area contributed by atoms with Crippen molar-refractivity contribution < 1.29 is 10.2 Å². The number of nitrogens with one attached hydrogen (secondary N) is 1. The Morgan fingerprint density at radius 2 is 1.59 bits per heavy atom. The maximum Gasteiger partial charge on any atom is 0.157 e. The average Bonchev–Trinajstić information content (AvgIpc) is 2.69. The van der Waals surface area contributed by atoms with Crippen LogP contribution in [-0.4, -0.2) is 16.3 Å². The number of hydrogen-bond acceptors (Lipinski definition) is 3. The van der Waals surface area contributed by atoms with Crippen molar-refractivity contribution in [1.29, 1.82) is 0 Å². The van der Waals surface area contributed by atoms with E-state index in [4.69, 9.17) is 0 Å². The van der Waals surface area contributed by atoms with Crippen LogP contribution in [0.4, 0.5) is 0 Å². The minimum absolute atomic E-state index is 0.0194. The van der Waals surface area contributed by atoms with Crippen LogP contribution in [0, 0.1) is 0 Å². The second-order valence-corrected chi connectivity index (χ2v) is 7.74. The maximum atomic E-state index is 10.1. The number of benzene rings is 3. The molecular weight excluding hydrogens is 334 g/mol. The van der Waals surface area contributed by atoms with Gasteiger partial charge in [0.25, 0.3) is 0 Å². The van der Waals surface area contributed by atoms with Gasteiger partial charge in [0, 0.05) is 18.5 Å². The Bertz CT molecular complexity index is 997. The highest BCUT2D eigenvalue weighted by Crippen LogP contribution is 2.44. The molecule has 3 aromatic rings. The van der Waals surface area contributed by atoms with E-state index in [2.05, 4.69) is 47.8 Å². The summed E-state index contributed by atoms with van der Waals surface area (Å²) < 4.78 is 0. The Kier molecular flexibility index (Phi) is 3.91. The lowest BCUT2D eigenvalue weighted by atomic mass is 9.72. The van der Waals surface area contributed by atoms with Crippen molar-refractivity contribution in [2.45, 2.75) is 37.8 Å². The zero-order valence-electron chi connectivity index (χ0n) is 15.2. The number of fused-ring (bicyclic) bond motifs is 5. The molecule has 0 saturated carbocycles. The topological polar surface area (TPSA) is 52.5 Å². The Morgan fingerprint density at radius 3 is 2.44 bits per heavy atom. The van der Waals surface area contributed by atoms with Crippen LogP contribution in [0.2, 0.25) is 0 Å². The predicted molar refractivity (Wildman–Crippen MR) is 106 cm³/mol. The molecule has 2 atom stereocenters. The first kappa shape index (κ1) is 16.4. The normalized spacial score (nSPS) is 20.4. The monoisotopic (exact) mass is 357 g/mol. The molecule has 0 aromatic heterocycles. The van der Waals surface area contributed by atoms with Gasteiger partial charge < -0.3 is 15.5 Å². The average molecular weight is 357 g/mol. The smallest absolute Gasteiger partial charge is 0.157 e. The van der Waals surface area contributed by atoms with Crippen molar-refractivity contribution in [3.63, 3.8) is 0 Å². The highest BCUT2D eigenvalue weighted by Gasteiger charge is 2.35. The van der Waals surface area contributed by atoms with Gasteiger partial charge in [-0.2, -0.15) is 0 Å². The van der Waals surface area contributed by atoms with E-state index in [1.807, 2.05) is 6.07 Å². The van der Waals surface area contributed by atoms with Crippen LogP contribution in [0.25, 0.3) is 0 Å². The lowest BCUT2D eigenvalue weighted by Gasteiger charge is -2.39. The van der Waals surface area contributed by atoms with Crippen LogP contribution in [0.1, 0.15) is 45.7 Å². The van der Waals surface area contributed by atoms with Crippen LogP contribution in [0.3, 0.4) is 0 Å².